The number of amides is 1. The van der Waals surface area contributed by atoms with Crippen LogP contribution in [0.5, 0.6) is 0 Å². The van der Waals surface area contributed by atoms with Gasteiger partial charge in [0, 0.05) is 6.42 Å². The van der Waals surface area contributed by atoms with E-state index in [0.717, 1.165) is 12.8 Å². The van der Waals surface area contributed by atoms with Crippen LogP contribution in [0.4, 0.5) is 0 Å². The summed E-state index contributed by atoms with van der Waals surface area (Å²) in [7, 11) is 0. The Balaban J connectivity index is 2.18. The quantitative estimate of drug-likeness (QED) is 0.786. The Morgan fingerprint density at radius 2 is 2.27 bits per heavy atom. The summed E-state index contributed by atoms with van der Waals surface area (Å²) < 4.78 is 0. The number of fused-ring (bicyclic) bond motifs is 1. The van der Waals surface area contributed by atoms with Gasteiger partial charge >= 0.3 is 0 Å². The highest BCUT2D eigenvalue weighted by molar-refractivity contribution is 5.76. The third-order valence-corrected chi connectivity index (χ3v) is 3.03. The van der Waals surface area contributed by atoms with Gasteiger partial charge in [-0.3, -0.25) is 4.79 Å². The standard InChI is InChI=1S/C13H17NO/c1-2-13(15)14-12-9-5-7-10-6-3-4-8-11(10)12/h3-4,6,8,12H,2,5,7,9H2,1H3,(H,14,15)/t12-/m1/s1. The summed E-state index contributed by atoms with van der Waals surface area (Å²) in [6, 6.07) is 8.66. The average Bonchev–Trinajstić information content (AvgIpc) is 2.29. The monoisotopic (exact) mass is 203 g/mol. The lowest BCUT2D eigenvalue weighted by Crippen LogP contribution is -2.30. The van der Waals surface area contributed by atoms with E-state index in [1.807, 2.05) is 6.92 Å². The Morgan fingerprint density at radius 1 is 1.47 bits per heavy atom. The fraction of sp³-hybridized carbons (Fsp3) is 0.462. The van der Waals surface area contributed by atoms with E-state index >= 15 is 0 Å². The van der Waals surface area contributed by atoms with Crippen LogP contribution < -0.4 is 5.32 Å². The predicted molar refractivity (Wildman–Crippen MR) is 60.6 cm³/mol. The summed E-state index contributed by atoms with van der Waals surface area (Å²) in [5, 5.41) is 3.09. The van der Waals surface area contributed by atoms with Gasteiger partial charge in [-0.2, -0.15) is 0 Å². The molecule has 2 heteroatoms. The van der Waals surface area contributed by atoms with Gasteiger partial charge in [0.1, 0.15) is 0 Å². The van der Waals surface area contributed by atoms with Crippen molar-refractivity contribution in [3.05, 3.63) is 35.4 Å². The lowest BCUT2D eigenvalue weighted by Gasteiger charge is -2.26. The minimum absolute atomic E-state index is 0.150. The normalized spacial score (nSPS) is 19.4. The van der Waals surface area contributed by atoms with E-state index in [9.17, 15) is 4.79 Å². The summed E-state index contributed by atoms with van der Waals surface area (Å²) in [6.07, 6.45) is 3.96. The second kappa shape index (κ2) is 4.47. The first-order valence-corrected chi connectivity index (χ1v) is 5.68. The molecule has 0 saturated heterocycles. The van der Waals surface area contributed by atoms with Gasteiger partial charge in [0.05, 0.1) is 6.04 Å². The molecule has 0 fully saturated rings. The summed E-state index contributed by atoms with van der Waals surface area (Å²) >= 11 is 0. The van der Waals surface area contributed by atoms with Crippen molar-refractivity contribution < 1.29 is 4.79 Å². The second-order valence-electron chi connectivity index (χ2n) is 4.06. The molecule has 0 heterocycles. The number of benzene rings is 1. The Morgan fingerprint density at radius 3 is 3.07 bits per heavy atom. The first-order valence-electron chi connectivity index (χ1n) is 5.68. The molecule has 0 aliphatic heterocycles. The molecule has 2 rings (SSSR count). The van der Waals surface area contributed by atoms with Crippen LogP contribution in [0.1, 0.15) is 43.4 Å². The zero-order valence-electron chi connectivity index (χ0n) is 9.12. The van der Waals surface area contributed by atoms with Crippen LogP contribution >= 0.6 is 0 Å². The molecule has 0 saturated carbocycles. The highest BCUT2D eigenvalue weighted by atomic mass is 16.1. The first-order chi connectivity index (χ1) is 7.31. The first kappa shape index (κ1) is 10.2. The molecule has 0 spiro atoms. The summed E-state index contributed by atoms with van der Waals surface area (Å²) in [5.74, 6) is 0.150. The van der Waals surface area contributed by atoms with Crippen molar-refractivity contribution in [1.29, 1.82) is 0 Å². The number of carbonyl (C=O) groups excluding carboxylic acids is 1. The molecule has 1 aromatic carbocycles. The number of aryl methyl sites for hydroxylation is 1. The Labute approximate surface area is 90.7 Å². The van der Waals surface area contributed by atoms with Crippen LogP contribution in [0.25, 0.3) is 0 Å². The van der Waals surface area contributed by atoms with E-state index in [2.05, 4.69) is 29.6 Å². The van der Waals surface area contributed by atoms with Crippen LogP contribution in [0, 0.1) is 0 Å². The van der Waals surface area contributed by atoms with Gasteiger partial charge in [-0.1, -0.05) is 31.2 Å². The van der Waals surface area contributed by atoms with Gasteiger partial charge in [0.25, 0.3) is 0 Å². The third-order valence-electron chi connectivity index (χ3n) is 3.03. The zero-order chi connectivity index (χ0) is 10.7. The second-order valence-corrected chi connectivity index (χ2v) is 4.06. The molecule has 1 amide bonds. The molecule has 0 unspecified atom stereocenters. The van der Waals surface area contributed by atoms with Crippen molar-refractivity contribution in [1.82, 2.24) is 5.32 Å². The predicted octanol–water partition coefficient (Wildman–Crippen LogP) is 2.59. The molecule has 1 N–H and O–H groups in total. The molecule has 80 valence electrons. The van der Waals surface area contributed by atoms with E-state index < -0.39 is 0 Å². The fourth-order valence-electron chi connectivity index (χ4n) is 2.20. The van der Waals surface area contributed by atoms with Crippen molar-refractivity contribution >= 4 is 5.91 Å². The maximum absolute atomic E-state index is 11.4. The largest absolute Gasteiger partial charge is 0.349 e. The van der Waals surface area contributed by atoms with Gasteiger partial charge in [0.2, 0.25) is 5.91 Å². The molecule has 0 radical (unpaired) electrons. The highest BCUT2D eigenvalue weighted by Gasteiger charge is 2.20. The highest BCUT2D eigenvalue weighted by Crippen LogP contribution is 2.29. The minimum Gasteiger partial charge on any atom is -0.349 e. The molecule has 1 aromatic rings. The third kappa shape index (κ3) is 2.20. The van der Waals surface area contributed by atoms with Gasteiger partial charge in [-0.25, -0.2) is 0 Å². The summed E-state index contributed by atoms with van der Waals surface area (Å²) in [4.78, 5) is 11.4. The van der Waals surface area contributed by atoms with Crippen molar-refractivity contribution in [2.24, 2.45) is 0 Å². The molecule has 1 atom stereocenters. The van der Waals surface area contributed by atoms with E-state index in [-0.39, 0.29) is 11.9 Å². The van der Waals surface area contributed by atoms with Crippen molar-refractivity contribution in [3.63, 3.8) is 0 Å². The minimum atomic E-state index is 0.150. The molecular formula is C13H17NO. The number of hydrogen-bond acceptors (Lipinski definition) is 1. The summed E-state index contributed by atoms with van der Waals surface area (Å²) in [6.45, 7) is 1.89. The van der Waals surface area contributed by atoms with E-state index in [4.69, 9.17) is 0 Å². The lowest BCUT2D eigenvalue weighted by atomic mass is 9.88. The van der Waals surface area contributed by atoms with Gasteiger partial charge in [0.15, 0.2) is 0 Å². The summed E-state index contributed by atoms with van der Waals surface area (Å²) in [5.41, 5.74) is 2.70. The van der Waals surface area contributed by atoms with Gasteiger partial charge < -0.3 is 5.32 Å². The molecule has 0 aromatic heterocycles. The number of carbonyl (C=O) groups is 1. The van der Waals surface area contributed by atoms with E-state index in [1.165, 1.54) is 17.5 Å². The van der Waals surface area contributed by atoms with E-state index in [1.54, 1.807) is 0 Å². The zero-order valence-corrected chi connectivity index (χ0v) is 9.12. The molecule has 2 nitrogen and oxygen atoms in total. The molecule has 0 bridgehead atoms. The molecule has 1 aliphatic rings. The van der Waals surface area contributed by atoms with Gasteiger partial charge in [-0.05, 0) is 30.4 Å². The maximum Gasteiger partial charge on any atom is 0.220 e. The molecule has 1 aliphatic carbocycles. The van der Waals surface area contributed by atoms with Crippen LogP contribution in [0.15, 0.2) is 24.3 Å². The number of hydrogen-bond donors (Lipinski definition) is 1. The molecule has 15 heavy (non-hydrogen) atoms. The number of rotatable bonds is 2. The van der Waals surface area contributed by atoms with Gasteiger partial charge in [-0.15, -0.1) is 0 Å². The Bertz CT molecular complexity index is 359. The van der Waals surface area contributed by atoms with E-state index in [0.29, 0.717) is 6.42 Å². The van der Waals surface area contributed by atoms with Crippen LogP contribution in [0.2, 0.25) is 0 Å². The van der Waals surface area contributed by atoms with Crippen molar-refractivity contribution in [2.75, 3.05) is 0 Å². The Kier molecular flexibility index (Phi) is 3.05. The van der Waals surface area contributed by atoms with Crippen LogP contribution in [0.3, 0.4) is 0 Å². The maximum atomic E-state index is 11.4. The van der Waals surface area contributed by atoms with Crippen LogP contribution in [-0.2, 0) is 11.2 Å². The lowest BCUT2D eigenvalue weighted by molar-refractivity contribution is -0.121. The van der Waals surface area contributed by atoms with Crippen LogP contribution in [-0.4, -0.2) is 5.91 Å². The van der Waals surface area contributed by atoms with Crippen molar-refractivity contribution in [2.45, 2.75) is 38.6 Å². The smallest absolute Gasteiger partial charge is 0.220 e. The number of nitrogens with one attached hydrogen (secondary N) is 1. The SMILES string of the molecule is CCC(=O)N[C@@H]1CCCc2ccccc21. The topological polar surface area (TPSA) is 29.1 Å². The fourth-order valence-corrected chi connectivity index (χ4v) is 2.20. The Hall–Kier alpha value is -1.31. The molecular weight excluding hydrogens is 186 g/mol. The average molecular weight is 203 g/mol. The van der Waals surface area contributed by atoms with Crippen molar-refractivity contribution in [3.8, 4) is 0 Å².